The van der Waals surface area contributed by atoms with Crippen LogP contribution in [0.25, 0.3) is 0 Å². The monoisotopic (exact) mass is 305 g/mol. The molecule has 0 radical (unpaired) electrons. The summed E-state index contributed by atoms with van der Waals surface area (Å²) in [6.45, 7) is 4.85. The minimum atomic E-state index is -0.895. The molecule has 0 saturated carbocycles. The van der Waals surface area contributed by atoms with Crippen molar-refractivity contribution in [1.29, 1.82) is 5.26 Å². The molecule has 0 aromatic heterocycles. The highest BCUT2D eigenvalue weighted by molar-refractivity contribution is 7.98. The molecule has 114 valence electrons. The highest BCUT2D eigenvalue weighted by Gasteiger charge is 2.39. The Hall–Kier alpha value is -1.06. The number of rotatable bonds is 6. The predicted molar refractivity (Wildman–Crippen MR) is 86.7 cm³/mol. The molecule has 0 aliphatic carbocycles. The van der Waals surface area contributed by atoms with Gasteiger partial charge in [-0.1, -0.05) is 37.3 Å². The Balaban J connectivity index is 1.87. The average Bonchev–Trinajstić information content (AvgIpc) is 2.55. The molecule has 1 saturated heterocycles. The van der Waals surface area contributed by atoms with Crippen LogP contribution >= 0.6 is 11.8 Å². The van der Waals surface area contributed by atoms with Gasteiger partial charge in [-0.25, -0.2) is 0 Å². The van der Waals surface area contributed by atoms with E-state index >= 15 is 0 Å². The molecule has 0 spiro atoms. The Morgan fingerprint density at radius 3 is 2.67 bits per heavy atom. The molecule has 2 rings (SSSR count). The van der Waals surface area contributed by atoms with Gasteiger partial charge in [0, 0.05) is 30.5 Å². The molecule has 1 aromatic carbocycles. The first kappa shape index (κ1) is 16.3. The van der Waals surface area contributed by atoms with Crippen molar-refractivity contribution in [2.24, 2.45) is 11.7 Å². The maximum Gasteiger partial charge on any atom is 0.162 e. The molecule has 1 fully saturated rings. The van der Waals surface area contributed by atoms with E-state index in [1.165, 1.54) is 5.56 Å². The largest absolute Gasteiger partial charge is 0.379 e. The van der Waals surface area contributed by atoms with E-state index in [4.69, 9.17) is 10.5 Å². The maximum absolute atomic E-state index is 9.56. The molecule has 0 amide bonds. The fourth-order valence-corrected chi connectivity index (χ4v) is 3.63. The summed E-state index contributed by atoms with van der Waals surface area (Å²) in [4.78, 5) is 2.06. The van der Waals surface area contributed by atoms with Gasteiger partial charge in [-0.05, 0) is 5.56 Å². The van der Waals surface area contributed by atoms with Gasteiger partial charge in [0.15, 0.2) is 5.66 Å². The lowest BCUT2D eigenvalue weighted by Gasteiger charge is -2.41. The highest BCUT2D eigenvalue weighted by atomic mass is 32.2. The van der Waals surface area contributed by atoms with Crippen LogP contribution in [0.1, 0.15) is 12.5 Å². The number of morpholine rings is 1. The van der Waals surface area contributed by atoms with Gasteiger partial charge in [-0.15, -0.1) is 0 Å². The summed E-state index contributed by atoms with van der Waals surface area (Å²) in [5, 5.41) is 9.56. The number of thioether (sulfide) groups is 1. The summed E-state index contributed by atoms with van der Waals surface area (Å²) in [6, 6.07) is 12.7. The summed E-state index contributed by atoms with van der Waals surface area (Å²) in [5.41, 5.74) is 6.80. The molecule has 1 aromatic rings. The third-order valence-electron chi connectivity index (χ3n) is 3.94. The minimum Gasteiger partial charge on any atom is -0.379 e. The normalized spacial score (nSPS) is 20.4. The van der Waals surface area contributed by atoms with Crippen LogP contribution in [-0.2, 0) is 10.5 Å². The number of nitrogens with two attached hydrogens (primary N) is 1. The second kappa shape index (κ2) is 7.81. The van der Waals surface area contributed by atoms with E-state index in [1.807, 2.05) is 17.8 Å². The van der Waals surface area contributed by atoms with Crippen molar-refractivity contribution in [1.82, 2.24) is 4.90 Å². The van der Waals surface area contributed by atoms with Crippen molar-refractivity contribution in [3.8, 4) is 6.07 Å². The average molecular weight is 305 g/mol. The smallest absolute Gasteiger partial charge is 0.162 e. The zero-order chi connectivity index (χ0) is 15.1. The van der Waals surface area contributed by atoms with Crippen LogP contribution in [0.4, 0.5) is 0 Å². The van der Waals surface area contributed by atoms with E-state index < -0.39 is 5.66 Å². The van der Waals surface area contributed by atoms with E-state index in [0.29, 0.717) is 13.2 Å². The molecular formula is C16H23N3OS. The maximum atomic E-state index is 9.56. The summed E-state index contributed by atoms with van der Waals surface area (Å²) in [5.74, 6) is 1.93. The number of nitriles is 1. The van der Waals surface area contributed by atoms with Crippen molar-refractivity contribution < 1.29 is 4.74 Å². The quantitative estimate of drug-likeness (QED) is 0.871. The van der Waals surface area contributed by atoms with E-state index in [0.717, 1.165) is 24.6 Å². The van der Waals surface area contributed by atoms with Crippen molar-refractivity contribution in [2.45, 2.75) is 18.3 Å². The molecule has 5 heteroatoms. The Labute approximate surface area is 131 Å². The lowest BCUT2D eigenvalue weighted by Crippen LogP contribution is -2.62. The van der Waals surface area contributed by atoms with Gasteiger partial charge in [0.05, 0.1) is 13.2 Å². The van der Waals surface area contributed by atoms with Gasteiger partial charge in [-0.3, -0.25) is 4.90 Å². The first-order valence-corrected chi connectivity index (χ1v) is 8.47. The SMILES string of the molecule is CC(CSCc1ccccc1)C(N)(C#N)N1CCOCC1. The summed E-state index contributed by atoms with van der Waals surface area (Å²) in [6.07, 6.45) is 0. The van der Waals surface area contributed by atoms with E-state index in [9.17, 15) is 5.26 Å². The van der Waals surface area contributed by atoms with Gasteiger partial charge in [0.1, 0.15) is 6.07 Å². The van der Waals surface area contributed by atoms with Crippen LogP contribution in [0.3, 0.4) is 0 Å². The lowest BCUT2D eigenvalue weighted by atomic mass is 9.96. The molecule has 2 unspecified atom stereocenters. The molecule has 1 aliphatic rings. The van der Waals surface area contributed by atoms with Gasteiger partial charge < -0.3 is 10.5 Å². The zero-order valence-electron chi connectivity index (χ0n) is 12.5. The third-order valence-corrected chi connectivity index (χ3v) is 5.22. The molecule has 2 N–H and O–H groups in total. The molecule has 4 nitrogen and oxygen atoms in total. The Bertz CT molecular complexity index is 470. The second-order valence-corrected chi connectivity index (χ2v) is 6.47. The summed E-state index contributed by atoms with van der Waals surface area (Å²) < 4.78 is 5.35. The topological polar surface area (TPSA) is 62.3 Å². The Morgan fingerprint density at radius 2 is 2.05 bits per heavy atom. The van der Waals surface area contributed by atoms with Crippen LogP contribution in [0.5, 0.6) is 0 Å². The second-order valence-electron chi connectivity index (χ2n) is 5.44. The van der Waals surface area contributed by atoms with Gasteiger partial charge in [-0.2, -0.15) is 17.0 Å². The van der Waals surface area contributed by atoms with Crippen molar-refractivity contribution in [3.05, 3.63) is 35.9 Å². The van der Waals surface area contributed by atoms with E-state index in [2.05, 4.69) is 42.2 Å². The molecule has 0 bridgehead atoms. The third kappa shape index (κ3) is 4.21. The summed E-state index contributed by atoms with van der Waals surface area (Å²) >= 11 is 1.83. The first-order chi connectivity index (χ1) is 10.2. The van der Waals surface area contributed by atoms with Crippen LogP contribution in [0.15, 0.2) is 30.3 Å². The van der Waals surface area contributed by atoms with Crippen molar-refractivity contribution >= 4 is 11.8 Å². The number of hydrogen-bond acceptors (Lipinski definition) is 5. The van der Waals surface area contributed by atoms with Crippen molar-refractivity contribution in [2.75, 3.05) is 32.1 Å². The number of benzene rings is 1. The standard InChI is InChI=1S/C16H23N3OS/c1-14(11-21-12-15-5-3-2-4-6-15)16(18,13-17)19-7-9-20-10-8-19/h2-6,14H,7-12,18H2,1H3. The molecular weight excluding hydrogens is 282 g/mol. The van der Waals surface area contributed by atoms with Crippen LogP contribution < -0.4 is 5.73 Å². The van der Waals surface area contributed by atoms with Gasteiger partial charge in [0.2, 0.25) is 0 Å². The molecule has 1 heterocycles. The van der Waals surface area contributed by atoms with E-state index in [1.54, 1.807) is 0 Å². The number of nitrogens with zero attached hydrogens (tertiary/aromatic N) is 2. The fourth-order valence-electron chi connectivity index (χ4n) is 2.48. The number of hydrogen-bond donors (Lipinski definition) is 1. The Kier molecular flexibility index (Phi) is 6.07. The molecule has 21 heavy (non-hydrogen) atoms. The zero-order valence-corrected chi connectivity index (χ0v) is 13.3. The summed E-state index contributed by atoms with van der Waals surface area (Å²) in [7, 11) is 0. The fraction of sp³-hybridized carbons (Fsp3) is 0.562. The van der Waals surface area contributed by atoms with E-state index in [-0.39, 0.29) is 5.92 Å². The molecule has 2 atom stereocenters. The number of ether oxygens (including phenoxy) is 1. The minimum absolute atomic E-state index is 0.106. The van der Waals surface area contributed by atoms with Crippen LogP contribution in [0, 0.1) is 17.2 Å². The van der Waals surface area contributed by atoms with Gasteiger partial charge >= 0.3 is 0 Å². The lowest BCUT2D eigenvalue weighted by molar-refractivity contribution is -0.0155. The van der Waals surface area contributed by atoms with Crippen molar-refractivity contribution in [3.63, 3.8) is 0 Å². The molecule has 1 aliphatic heterocycles. The highest BCUT2D eigenvalue weighted by Crippen LogP contribution is 2.25. The van der Waals surface area contributed by atoms with Gasteiger partial charge in [0.25, 0.3) is 0 Å². The predicted octanol–water partition coefficient (Wildman–Crippen LogP) is 2.07. The Morgan fingerprint density at radius 1 is 1.38 bits per heavy atom. The first-order valence-electron chi connectivity index (χ1n) is 7.31. The van der Waals surface area contributed by atoms with Crippen LogP contribution in [-0.4, -0.2) is 42.6 Å². The van der Waals surface area contributed by atoms with Crippen LogP contribution in [0.2, 0.25) is 0 Å².